The van der Waals surface area contributed by atoms with Gasteiger partial charge in [-0.25, -0.2) is 4.79 Å². The number of hydrogen-bond donors (Lipinski definition) is 3. The largest absolute Gasteiger partial charge is 0.476 e. The van der Waals surface area contributed by atoms with E-state index in [4.69, 9.17) is 5.11 Å². The molecule has 1 aliphatic rings. The number of nitrogens with zero attached hydrogens (tertiary/aromatic N) is 1. The minimum Gasteiger partial charge on any atom is -0.476 e. The molecule has 0 saturated heterocycles. The Bertz CT molecular complexity index is 724. The average molecular weight is 336 g/mol. The molecule has 0 spiro atoms. The van der Waals surface area contributed by atoms with Gasteiger partial charge >= 0.3 is 5.97 Å². The molecule has 7 heteroatoms. The number of hydrogen-bond acceptors (Lipinski definition) is 3. The number of halogens is 1. The van der Waals surface area contributed by atoms with Gasteiger partial charge in [0.2, 0.25) is 5.91 Å². The lowest BCUT2D eigenvalue weighted by molar-refractivity contribution is -0.116. The van der Waals surface area contributed by atoms with Gasteiger partial charge in [-0.3, -0.25) is 9.89 Å². The first-order valence-corrected chi connectivity index (χ1v) is 6.76. The maximum atomic E-state index is 11.3. The van der Waals surface area contributed by atoms with Gasteiger partial charge in [-0.2, -0.15) is 5.10 Å². The Kier molecular flexibility index (Phi) is 3.06. The number of carbonyl (C=O) groups excluding carboxylic acids is 1. The average Bonchev–Trinajstić information content (AvgIpc) is 2.80. The topological polar surface area (TPSA) is 95.1 Å². The first-order valence-electron chi connectivity index (χ1n) is 5.96. The van der Waals surface area contributed by atoms with Gasteiger partial charge in [0, 0.05) is 17.7 Å². The molecule has 1 aromatic heterocycles. The summed E-state index contributed by atoms with van der Waals surface area (Å²) in [7, 11) is 0. The van der Waals surface area contributed by atoms with Crippen LogP contribution in [-0.4, -0.2) is 27.2 Å². The van der Waals surface area contributed by atoms with Crippen molar-refractivity contribution in [2.45, 2.75) is 12.8 Å². The number of aryl methyl sites for hydroxylation is 1. The first-order chi connectivity index (χ1) is 9.56. The van der Waals surface area contributed by atoms with Crippen LogP contribution in [0.25, 0.3) is 11.3 Å². The van der Waals surface area contributed by atoms with Gasteiger partial charge in [-0.15, -0.1) is 0 Å². The van der Waals surface area contributed by atoms with Crippen molar-refractivity contribution in [2.24, 2.45) is 0 Å². The molecule has 1 aromatic carbocycles. The Hall–Kier alpha value is -2.15. The summed E-state index contributed by atoms with van der Waals surface area (Å²) < 4.78 is 0.421. The van der Waals surface area contributed by atoms with Crippen LogP contribution in [0, 0.1) is 0 Å². The predicted molar refractivity (Wildman–Crippen MR) is 75.6 cm³/mol. The number of anilines is 1. The molecule has 1 amide bonds. The van der Waals surface area contributed by atoms with Crippen molar-refractivity contribution in [3.8, 4) is 11.3 Å². The third kappa shape index (κ3) is 2.09. The fourth-order valence-corrected chi connectivity index (χ4v) is 2.77. The molecule has 0 aliphatic carbocycles. The van der Waals surface area contributed by atoms with Crippen LogP contribution < -0.4 is 5.32 Å². The number of carboxylic acids is 1. The smallest absolute Gasteiger partial charge is 0.355 e. The van der Waals surface area contributed by atoms with Crippen LogP contribution in [0.3, 0.4) is 0 Å². The van der Waals surface area contributed by atoms with Gasteiger partial charge in [0.15, 0.2) is 5.69 Å². The zero-order valence-electron chi connectivity index (χ0n) is 10.2. The van der Waals surface area contributed by atoms with Crippen molar-refractivity contribution in [1.29, 1.82) is 0 Å². The Labute approximate surface area is 122 Å². The van der Waals surface area contributed by atoms with E-state index < -0.39 is 5.97 Å². The zero-order valence-corrected chi connectivity index (χ0v) is 11.8. The molecule has 102 valence electrons. The summed E-state index contributed by atoms with van der Waals surface area (Å²) in [6, 6.07) is 5.53. The van der Waals surface area contributed by atoms with E-state index in [0.717, 1.165) is 16.8 Å². The second kappa shape index (κ2) is 4.75. The van der Waals surface area contributed by atoms with E-state index in [1.54, 1.807) is 6.07 Å². The van der Waals surface area contributed by atoms with Crippen LogP contribution in [0.2, 0.25) is 0 Å². The van der Waals surface area contributed by atoms with Crippen molar-refractivity contribution in [3.05, 3.63) is 33.9 Å². The number of aromatic carboxylic acids is 1. The molecule has 6 nitrogen and oxygen atoms in total. The van der Waals surface area contributed by atoms with E-state index in [2.05, 4.69) is 31.4 Å². The number of amides is 1. The van der Waals surface area contributed by atoms with Crippen LogP contribution in [0.5, 0.6) is 0 Å². The van der Waals surface area contributed by atoms with Gasteiger partial charge in [-0.05, 0) is 40.0 Å². The zero-order chi connectivity index (χ0) is 14.3. The second-order valence-electron chi connectivity index (χ2n) is 4.49. The van der Waals surface area contributed by atoms with E-state index in [0.29, 0.717) is 23.0 Å². The van der Waals surface area contributed by atoms with E-state index in [1.165, 1.54) is 0 Å². The lowest BCUT2D eigenvalue weighted by Gasteiger charge is -2.17. The van der Waals surface area contributed by atoms with Crippen molar-refractivity contribution >= 4 is 33.5 Å². The lowest BCUT2D eigenvalue weighted by atomic mass is 9.99. The quantitative estimate of drug-likeness (QED) is 0.785. The summed E-state index contributed by atoms with van der Waals surface area (Å²) in [6.45, 7) is 0. The maximum absolute atomic E-state index is 11.3. The minimum absolute atomic E-state index is 0.0133. The molecule has 0 radical (unpaired) electrons. The summed E-state index contributed by atoms with van der Waals surface area (Å²) in [5, 5.41) is 18.3. The van der Waals surface area contributed by atoms with Gasteiger partial charge in [0.25, 0.3) is 0 Å². The number of nitrogens with one attached hydrogen (secondary N) is 2. The Morgan fingerprint density at radius 3 is 2.85 bits per heavy atom. The van der Waals surface area contributed by atoms with Gasteiger partial charge in [0.1, 0.15) is 5.69 Å². The molecule has 3 rings (SSSR count). The molecule has 0 atom stereocenters. The molecule has 0 bridgehead atoms. The van der Waals surface area contributed by atoms with Crippen molar-refractivity contribution in [2.75, 3.05) is 5.32 Å². The maximum Gasteiger partial charge on any atom is 0.355 e. The van der Waals surface area contributed by atoms with Crippen LogP contribution >= 0.6 is 15.9 Å². The Morgan fingerprint density at radius 1 is 1.35 bits per heavy atom. The molecule has 1 aliphatic heterocycles. The number of benzene rings is 1. The van der Waals surface area contributed by atoms with Crippen molar-refractivity contribution in [1.82, 2.24) is 10.2 Å². The van der Waals surface area contributed by atoms with Crippen LogP contribution in [0.15, 0.2) is 22.7 Å². The van der Waals surface area contributed by atoms with Crippen molar-refractivity contribution < 1.29 is 14.7 Å². The normalized spacial score (nSPS) is 13.8. The number of H-pyrrole nitrogens is 1. The molecular formula is C13H10BrN3O3. The summed E-state index contributed by atoms with van der Waals surface area (Å²) in [4.78, 5) is 22.3. The lowest BCUT2D eigenvalue weighted by Crippen LogP contribution is -2.18. The Morgan fingerprint density at radius 2 is 2.15 bits per heavy atom. The fourth-order valence-electron chi connectivity index (χ4n) is 2.19. The molecular weight excluding hydrogens is 326 g/mol. The van der Waals surface area contributed by atoms with Gasteiger partial charge in [0.05, 0.1) is 4.47 Å². The fraction of sp³-hybridized carbons (Fsp3) is 0.154. The Balaban J connectivity index is 2.03. The SMILES string of the molecule is O=C1CCc2cc(-c3n[nH]c(C(=O)O)c3Br)ccc2N1. The van der Waals surface area contributed by atoms with E-state index in [-0.39, 0.29) is 11.6 Å². The highest BCUT2D eigenvalue weighted by Gasteiger charge is 2.20. The minimum atomic E-state index is -1.07. The molecule has 3 N–H and O–H groups in total. The molecule has 0 fully saturated rings. The second-order valence-corrected chi connectivity index (χ2v) is 5.28. The highest BCUT2D eigenvalue weighted by molar-refractivity contribution is 9.10. The molecule has 0 saturated carbocycles. The summed E-state index contributed by atoms with van der Waals surface area (Å²) in [5.74, 6) is -1.06. The van der Waals surface area contributed by atoms with Crippen LogP contribution in [0.4, 0.5) is 5.69 Å². The third-order valence-corrected chi connectivity index (χ3v) is 3.97. The monoisotopic (exact) mass is 335 g/mol. The van der Waals surface area contributed by atoms with Crippen LogP contribution in [-0.2, 0) is 11.2 Å². The first kappa shape index (κ1) is 12.9. The highest BCUT2D eigenvalue weighted by atomic mass is 79.9. The number of aromatic amines is 1. The molecule has 0 unspecified atom stereocenters. The van der Waals surface area contributed by atoms with E-state index >= 15 is 0 Å². The number of rotatable bonds is 2. The third-order valence-electron chi connectivity index (χ3n) is 3.19. The number of aromatic nitrogens is 2. The van der Waals surface area contributed by atoms with Crippen LogP contribution in [0.1, 0.15) is 22.5 Å². The standard InChI is InChI=1S/C13H10BrN3O3/c14-10-11(16-17-12(10)13(19)20)7-1-3-8-6(5-7)2-4-9(18)15-8/h1,3,5H,2,4H2,(H,15,18)(H,16,17)(H,19,20). The number of carbonyl (C=O) groups is 2. The summed E-state index contributed by atoms with van der Waals surface area (Å²) >= 11 is 3.25. The highest BCUT2D eigenvalue weighted by Crippen LogP contribution is 2.32. The van der Waals surface area contributed by atoms with E-state index in [1.807, 2.05) is 12.1 Å². The van der Waals surface area contributed by atoms with Gasteiger partial charge in [-0.1, -0.05) is 6.07 Å². The predicted octanol–water partition coefficient (Wildman–Crippen LogP) is 2.42. The molecule has 2 aromatic rings. The van der Waals surface area contributed by atoms with Gasteiger partial charge < -0.3 is 10.4 Å². The van der Waals surface area contributed by atoms with Crippen molar-refractivity contribution in [3.63, 3.8) is 0 Å². The molecule has 20 heavy (non-hydrogen) atoms. The molecule has 2 heterocycles. The summed E-state index contributed by atoms with van der Waals surface area (Å²) in [6.07, 6.45) is 1.13. The van der Waals surface area contributed by atoms with E-state index in [9.17, 15) is 9.59 Å². The number of carboxylic acid groups (broad SMARTS) is 1. The number of fused-ring (bicyclic) bond motifs is 1. The summed E-state index contributed by atoms with van der Waals surface area (Å²) in [5.41, 5.74) is 3.19.